The SMILES string of the molecule is CSCCC(NC(=O)OC(C)(C)C)C(=O)Nc1nc(-c2ccc3ccccc3c2)cs1. The molecule has 3 aromatic rings. The number of nitrogens with one attached hydrogen (secondary N) is 2. The number of thiazole rings is 1. The second-order valence-corrected chi connectivity index (χ2v) is 9.91. The van der Waals surface area contributed by atoms with Crippen LogP contribution in [0.3, 0.4) is 0 Å². The number of anilines is 1. The van der Waals surface area contributed by atoms with E-state index >= 15 is 0 Å². The maximum atomic E-state index is 12.8. The molecule has 0 aliphatic rings. The third kappa shape index (κ3) is 6.70. The molecule has 31 heavy (non-hydrogen) atoms. The van der Waals surface area contributed by atoms with Gasteiger partial charge < -0.3 is 15.4 Å². The van der Waals surface area contributed by atoms with Crippen molar-refractivity contribution in [1.82, 2.24) is 10.3 Å². The van der Waals surface area contributed by atoms with Gasteiger partial charge in [0.2, 0.25) is 5.91 Å². The molecule has 1 unspecified atom stereocenters. The van der Waals surface area contributed by atoms with Crippen molar-refractivity contribution in [2.75, 3.05) is 17.3 Å². The topological polar surface area (TPSA) is 80.3 Å². The number of carbonyl (C=O) groups excluding carboxylic acids is 2. The molecule has 1 aromatic heterocycles. The van der Waals surface area contributed by atoms with E-state index in [2.05, 4.69) is 39.9 Å². The summed E-state index contributed by atoms with van der Waals surface area (Å²) in [5, 5.41) is 10.2. The van der Waals surface area contributed by atoms with E-state index < -0.39 is 17.7 Å². The Morgan fingerprint density at radius 2 is 1.90 bits per heavy atom. The number of amides is 2. The average molecular weight is 458 g/mol. The molecule has 1 heterocycles. The summed E-state index contributed by atoms with van der Waals surface area (Å²) in [5.41, 5.74) is 1.15. The number of rotatable bonds is 7. The second-order valence-electron chi connectivity index (χ2n) is 8.07. The van der Waals surface area contributed by atoms with Crippen molar-refractivity contribution in [3.63, 3.8) is 0 Å². The van der Waals surface area contributed by atoms with Crippen molar-refractivity contribution in [2.45, 2.75) is 38.8 Å². The first-order valence-electron chi connectivity index (χ1n) is 9.99. The fourth-order valence-electron chi connectivity index (χ4n) is 2.96. The number of alkyl carbamates (subject to hydrolysis) is 1. The lowest BCUT2D eigenvalue weighted by Crippen LogP contribution is -2.46. The Labute approximate surface area is 190 Å². The van der Waals surface area contributed by atoms with E-state index in [1.165, 1.54) is 16.7 Å². The third-order valence-electron chi connectivity index (χ3n) is 4.40. The molecule has 0 radical (unpaired) electrons. The van der Waals surface area contributed by atoms with Gasteiger partial charge in [0.1, 0.15) is 11.6 Å². The Kier molecular flexibility index (Phi) is 7.56. The molecule has 1 atom stereocenters. The van der Waals surface area contributed by atoms with Crippen LogP contribution < -0.4 is 10.6 Å². The zero-order valence-electron chi connectivity index (χ0n) is 18.1. The normalized spacial score (nSPS) is 12.4. The van der Waals surface area contributed by atoms with Crippen molar-refractivity contribution >= 4 is 51.0 Å². The summed E-state index contributed by atoms with van der Waals surface area (Å²) in [7, 11) is 0. The molecule has 0 spiro atoms. The highest BCUT2D eigenvalue weighted by Gasteiger charge is 2.24. The van der Waals surface area contributed by atoms with E-state index in [0.29, 0.717) is 11.6 Å². The maximum Gasteiger partial charge on any atom is 0.408 e. The first-order chi connectivity index (χ1) is 14.7. The molecule has 0 aliphatic heterocycles. The van der Waals surface area contributed by atoms with Crippen molar-refractivity contribution in [3.8, 4) is 11.3 Å². The first-order valence-corrected chi connectivity index (χ1v) is 12.3. The largest absolute Gasteiger partial charge is 0.444 e. The van der Waals surface area contributed by atoms with Crippen LogP contribution in [0, 0.1) is 0 Å². The monoisotopic (exact) mass is 457 g/mol. The quantitative estimate of drug-likeness (QED) is 0.486. The lowest BCUT2D eigenvalue weighted by molar-refractivity contribution is -0.118. The molecule has 164 valence electrons. The molecule has 6 nitrogen and oxygen atoms in total. The Morgan fingerprint density at radius 3 is 2.61 bits per heavy atom. The maximum absolute atomic E-state index is 12.8. The Balaban J connectivity index is 1.70. The minimum Gasteiger partial charge on any atom is -0.444 e. The molecule has 2 aromatic carbocycles. The molecule has 8 heteroatoms. The zero-order valence-corrected chi connectivity index (χ0v) is 19.7. The van der Waals surface area contributed by atoms with E-state index in [1.54, 1.807) is 32.5 Å². The zero-order chi connectivity index (χ0) is 22.4. The third-order valence-corrected chi connectivity index (χ3v) is 5.80. The number of thioether (sulfide) groups is 1. The highest BCUT2D eigenvalue weighted by atomic mass is 32.2. The molecule has 2 N–H and O–H groups in total. The minimum absolute atomic E-state index is 0.306. The Hall–Kier alpha value is -2.58. The van der Waals surface area contributed by atoms with Gasteiger partial charge in [-0.2, -0.15) is 11.8 Å². The molecule has 0 saturated carbocycles. The summed E-state index contributed by atoms with van der Waals surface area (Å²) < 4.78 is 5.30. The number of benzene rings is 2. The summed E-state index contributed by atoms with van der Waals surface area (Å²) in [5.74, 6) is 0.424. The summed E-state index contributed by atoms with van der Waals surface area (Å²) in [6, 6.07) is 13.6. The van der Waals surface area contributed by atoms with Gasteiger partial charge in [-0.05, 0) is 56.0 Å². The van der Waals surface area contributed by atoms with Crippen LogP contribution in [0.2, 0.25) is 0 Å². The van der Waals surface area contributed by atoms with Crippen LogP contribution in [0.1, 0.15) is 27.2 Å². The summed E-state index contributed by atoms with van der Waals surface area (Å²) in [4.78, 5) is 29.5. The summed E-state index contributed by atoms with van der Waals surface area (Å²) in [6.45, 7) is 5.36. The van der Waals surface area contributed by atoms with Gasteiger partial charge >= 0.3 is 6.09 Å². The predicted molar refractivity (Wildman–Crippen MR) is 130 cm³/mol. The van der Waals surface area contributed by atoms with Crippen LogP contribution in [0.5, 0.6) is 0 Å². The number of nitrogens with zero attached hydrogens (tertiary/aromatic N) is 1. The van der Waals surface area contributed by atoms with Crippen LogP contribution in [0.25, 0.3) is 22.0 Å². The van der Waals surface area contributed by atoms with Crippen LogP contribution in [0.4, 0.5) is 9.93 Å². The van der Waals surface area contributed by atoms with Crippen molar-refractivity contribution in [2.24, 2.45) is 0 Å². The lowest BCUT2D eigenvalue weighted by Gasteiger charge is -2.23. The minimum atomic E-state index is -0.699. The van der Waals surface area contributed by atoms with Gasteiger partial charge in [-0.25, -0.2) is 9.78 Å². The van der Waals surface area contributed by atoms with Gasteiger partial charge in [0.25, 0.3) is 0 Å². The summed E-state index contributed by atoms with van der Waals surface area (Å²) >= 11 is 2.97. The van der Waals surface area contributed by atoms with Gasteiger partial charge in [0.05, 0.1) is 5.69 Å². The van der Waals surface area contributed by atoms with Gasteiger partial charge in [0, 0.05) is 10.9 Å². The van der Waals surface area contributed by atoms with Gasteiger partial charge in [-0.1, -0.05) is 36.4 Å². The highest BCUT2D eigenvalue weighted by molar-refractivity contribution is 7.98. The molecule has 0 fully saturated rings. The van der Waals surface area contributed by atoms with E-state index in [0.717, 1.165) is 22.4 Å². The smallest absolute Gasteiger partial charge is 0.408 e. The van der Waals surface area contributed by atoms with Crippen LogP contribution in [-0.2, 0) is 9.53 Å². The lowest BCUT2D eigenvalue weighted by atomic mass is 10.1. The fraction of sp³-hybridized carbons (Fsp3) is 0.348. The molecule has 2 amide bonds. The molecular weight excluding hydrogens is 430 g/mol. The predicted octanol–water partition coefficient (Wildman–Crippen LogP) is 5.55. The second kappa shape index (κ2) is 10.2. The van der Waals surface area contributed by atoms with Gasteiger partial charge in [-0.15, -0.1) is 11.3 Å². The number of carbonyl (C=O) groups is 2. The molecule has 0 bridgehead atoms. The first kappa shape index (κ1) is 23.1. The molecule has 0 saturated heterocycles. The Bertz CT molecular complexity index is 1060. The van der Waals surface area contributed by atoms with E-state index in [4.69, 9.17) is 4.74 Å². The molecular formula is C23H27N3O3S2. The van der Waals surface area contributed by atoms with E-state index in [1.807, 2.05) is 29.8 Å². The number of hydrogen-bond donors (Lipinski definition) is 2. The van der Waals surface area contributed by atoms with Crippen LogP contribution in [0.15, 0.2) is 47.8 Å². The van der Waals surface area contributed by atoms with Crippen molar-refractivity contribution in [1.29, 1.82) is 0 Å². The van der Waals surface area contributed by atoms with Gasteiger partial charge in [0.15, 0.2) is 5.13 Å². The number of aromatic nitrogens is 1. The van der Waals surface area contributed by atoms with Gasteiger partial charge in [-0.3, -0.25) is 4.79 Å². The number of fused-ring (bicyclic) bond motifs is 1. The highest BCUT2D eigenvalue weighted by Crippen LogP contribution is 2.28. The van der Waals surface area contributed by atoms with Crippen molar-refractivity contribution in [3.05, 3.63) is 47.8 Å². The standard InChI is InChI=1S/C23H27N3O3S2/c1-23(2,3)29-22(28)25-18(11-12-30-4)20(27)26-21-24-19(14-31-21)17-10-9-15-7-5-6-8-16(15)13-17/h5-10,13-14,18H,11-12H2,1-4H3,(H,25,28)(H,24,26,27). The van der Waals surface area contributed by atoms with Crippen molar-refractivity contribution < 1.29 is 14.3 Å². The number of hydrogen-bond acceptors (Lipinski definition) is 6. The van der Waals surface area contributed by atoms with E-state index in [-0.39, 0.29) is 5.91 Å². The summed E-state index contributed by atoms with van der Waals surface area (Å²) in [6.07, 6.45) is 1.85. The fourth-order valence-corrected chi connectivity index (χ4v) is 4.15. The molecule has 3 rings (SSSR count). The average Bonchev–Trinajstić information content (AvgIpc) is 3.17. The van der Waals surface area contributed by atoms with Crippen LogP contribution >= 0.6 is 23.1 Å². The molecule has 0 aliphatic carbocycles. The van der Waals surface area contributed by atoms with E-state index in [9.17, 15) is 9.59 Å². The Morgan fingerprint density at radius 1 is 1.16 bits per heavy atom. The number of ether oxygens (including phenoxy) is 1. The van der Waals surface area contributed by atoms with Crippen LogP contribution in [-0.4, -0.2) is 40.6 Å².